The van der Waals surface area contributed by atoms with Gasteiger partial charge in [0.25, 0.3) is 5.91 Å². The predicted octanol–water partition coefficient (Wildman–Crippen LogP) is 1.81. The third-order valence-electron chi connectivity index (χ3n) is 4.85. The van der Waals surface area contributed by atoms with Crippen LogP contribution in [0.3, 0.4) is 0 Å². The van der Waals surface area contributed by atoms with Crippen molar-refractivity contribution in [3.05, 3.63) is 22.4 Å². The number of aliphatic hydroxyl groups excluding tert-OH is 1. The average Bonchev–Trinajstić information content (AvgIpc) is 3.13. The van der Waals surface area contributed by atoms with E-state index in [-0.39, 0.29) is 29.9 Å². The zero-order valence-electron chi connectivity index (χ0n) is 16.1. The van der Waals surface area contributed by atoms with Gasteiger partial charge in [-0.1, -0.05) is 26.8 Å². The summed E-state index contributed by atoms with van der Waals surface area (Å²) in [4.78, 5) is 30.2. The van der Waals surface area contributed by atoms with Crippen molar-refractivity contribution in [3.8, 4) is 0 Å². The van der Waals surface area contributed by atoms with Gasteiger partial charge in [0.05, 0.1) is 11.0 Å². The van der Waals surface area contributed by atoms with Crippen molar-refractivity contribution in [2.45, 2.75) is 52.3 Å². The fraction of sp³-hybridized carbons (Fsp3) is 0.684. The van der Waals surface area contributed by atoms with Crippen LogP contribution in [0, 0.1) is 5.92 Å². The highest BCUT2D eigenvalue weighted by molar-refractivity contribution is 7.12. The summed E-state index contributed by atoms with van der Waals surface area (Å²) in [6.45, 7) is 10.4. The van der Waals surface area contributed by atoms with Gasteiger partial charge in [-0.2, -0.15) is 0 Å². The Bertz CT molecular complexity index is 589. The Labute approximate surface area is 160 Å². The van der Waals surface area contributed by atoms with Crippen molar-refractivity contribution in [1.29, 1.82) is 0 Å². The molecule has 0 unspecified atom stereocenters. The molecule has 0 spiro atoms. The molecule has 7 heteroatoms. The molecule has 1 saturated heterocycles. The minimum Gasteiger partial charge on any atom is -0.392 e. The number of carbonyl (C=O) groups excluding carboxylic acids is 2. The van der Waals surface area contributed by atoms with E-state index < -0.39 is 6.04 Å². The minimum atomic E-state index is -0.523. The second-order valence-corrected chi connectivity index (χ2v) is 8.31. The van der Waals surface area contributed by atoms with Gasteiger partial charge in [0.2, 0.25) is 5.91 Å². The molecule has 0 aliphatic carbocycles. The highest BCUT2D eigenvalue weighted by Crippen LogP contribution is 2.17. The van der Waals surface area contributed by atoms with Crippen molar-refractivity contribution in [1.82, 2.24) is 15.1 Å². The van der Waals surface area contributed by atoms with Gasteiger partial charge in [0, 0.05) is 32.2 Å². The Hall–Kier alpha value is -1.44. The number of hydrogen-bond acceptors (Lipinski definition) is 5. The van der Waals surface area contributed by atoms with Crippen molar-refractivity contribution in [2.75, 3.05) is 26.2 Å². The van der Waals surface area contributed by atoms with Gasteiger partial charge >= 0.3 is 0 Å². The lowest BCUT2D eigenvalue weighted by Gasteiger charge is -2.43. The molecule has 0 bridgehead atoms. The molecule has 1 aromatic rings. The maximum absolute atomic E-state index is 13.1. The van der Waals surface area contributed by atoms with Gasteiger partial charge < -0.3 is 15.3 Å². The van der Waals surface area contributed by atoms with Gasteiger partial charge in [-0.05, 0) is 30.7 Å². The first-order valence-corrected chi connectivity index (χ1v) is 10.3. The zero-order valence-corrected chi connectivity index (χ0v) is 17.0. The van der Waals surface area contributed by atoms with Crippen LogP contribution in [0.2, 0.25) is 0 Å². The third kappa shape index (κ3) is 5.28. The standard InChI is InChI=1S/C19H31N3O3S/c1-5-15-12-22(9-8-21(15)11-14(4)23)19(25)17(13(2)3)20-18(24)16-7-6-10-26-16/h6-7,10,13-15,17,23H,5,8-9,11-12H2,1-4H3,(H,20,24)/t14-,15-,17+/m1/s1. The van der Waals surface area contributed by atoms with E-state index >= 15 is 0 Å². The quantitative estimate of drug-likeness (QED) is 0.755. The van der Waals surface area contributed by atoms with E-state index in [1.165, 1.54) is 11.3 Å². The van der Waals surface area contributed by atoms with Crippen molar-refractivity contribution in [2.24, 2.45) is 5.92 Å². The van der Waals surface area contributed by atoms with E-state index in [1.807, 2.05) is 30.2 Å². The van der Waals surface area contributed by atoms with Crippen LogP contribution in [0.1, 0.15) is 43.8 Å². The fourth-order valence-electron chi connectivity index (χ4n) is 3.39. The number of rotatable bonds is 7. The predicted molar refractivity (Wildman–Crippen MR) is 104 cm³/mol. The monoisotopic (exact) mass is 381 g/mol. The van der Waals surface area contributed by atoms with Crippen molar-refractivity contribution < 1.29 is 14.7 Å². The van der Waals surface area contributed by atoms with Gasteiger partial charge in [-0.3, -0.25) is 14.5 Å². The van der Waals surface area contributed by atoms with Crippen LogP contribution in [0.25, 0.3) is 0 Å². The van der Waals surface area contributed by atoms with E-state index in [2.05, 4.69) is 17.1 Å². The van der Waals surface area contributed by atoms with Crippen LogP contribution in [0.4, 0.5) is 0 Å². The van der Waals surface area contributed by atoms with Crippen LogP contribution in [-0.2, 0) is 4.79 Å². The normalized spacial score (nSPS) is 20.8. The molecule has 2 rings (SSSR count). The van der Waals surface area contributed by atoms with Gasteiger partial charge in [0.15, 0.2) is 0 Å². The molecule has 26 heavy (non-hydrogen) atoms. The number of piperazine rings is 1. The van der Waals surface area contributed by atoms with E-state index in [1.54, 1.807) is 13.0 Å². The summed E-state index contributed by atoms with van der Waals surface area (Å²) in [5, 5.41) is 14.4. The molecule has 1 aromatic heterocycles. The Morgan fingerprint density at radius 1 is 1.35 bits per heavy atom. The molecule has 146 valence electrons. The molecule has 0 saturated carbocycles. The Balaban J connectivity index is 2.03. The van der Waals surface area contributed by atoms with Crippen LogP contribution in [-0.4, -0.2) is 71.1 Å². The molecule has 0 radical (unpaired) electrons. The lowest BCUT2D eigenvalue weighted by molar-refractivity contribution is -0.137. The van der Waals surface area contributed by atoms with Crippen LogP contribution < -0.4 is 5.32 Å². The summed E-state index contributed by atoms with van der Waals surface area (Å²) >= 11 is 1.37. The van der Waals surface area contributed by atoms with E-state index in [9.17, 15) is 14.7 Å². The largest absolute Gasteiger partial charge is 0.392 e. The van der Waals surface area contributed by atoms with Crippen molar-refractivity contribution >= 4 is 23.2 Å². The maximum Gasteiger partial charge on any atom is 0.262 e. The number of aliphatic hydroxyl groups is 1. The highest BCUT2D eigenvalue weighted by Gasteiger charge is 2.34. The second-order valence-electron chi connectivity index (χ2n) is 7.36. The lowest BCUT2D eigenvalue weighted by atomic mass is 10.0. The summed E-state index contributed by atoms with van der Waals surface area (Å²) in [6, 6.07) is 3.32. The highest BCUT2D eigenvalue weighted by atomic mass is 32.1. The second kappa shape index (κ2) is 9.48. The topological polar surface area (TPSA) is 72.9 Å². The SMILES string of the molecule is CC[C@@H]1CN(C(=O)[C@@H](NC(=O)c2cccs2)C(C)C)CCN1C[C@@H](C)O. The number of nitrogens with one attached hydrogen (secondary N) is 1. The summed E-state index contributed by atoms with van der Waals surface area (Å²) in [7, 11) is 0. The van der Waals surface area contributed by atoms with E-state index in [0.29, 0.717) is 24.5 Å². The molecule has 6 nitrogen and oxygen atoms in total. The third-order valence-corrected chi connectivity index (χ3v) is 5.72. The first-order valence-electron chi connectivity index (χ1n) is 9.38. The van der Waals surface area contributed by atoms with Gasteiger partial charge in [-0.15, -0.1) is 11.3 Å². The molecular formula is C19H31N3O3S. The number of hydrogen-bond donors (Lipinski definition) is 2. The zero-order chi connectivity index (χ0) is 19.3. The number of nitrogens with zero attached hydrogens (tertiary/aromatic N) is 2. The molecule has 2 amide bonds. The first-order chi connectivity index (χ1) is 12.3. The van der Waals surface area contributed by atoms with Gasteiger partial charge in [-0.25, -0.2) is 0 Å². The number of thiophene rings is 1. The molecule has 0 aromatic carbocycles. The Kier molecular flexibility index (Phi) is 7.61. The molecule has 1 aliphatic heterocycles. The Morgan fingerprint density at radius 3 is 2.62 bits per heavy atom. The molecule has 2 heterocycles. The van der Waals surface area contributed by atoms with E-state index in [4.69, 9.17) is 0 Å². The van der Waals surface area contributed by atoms with Crippen LogP contribution in [0.15, 0.2) is 17.5 Å². The summed E-state index contributed by atoms with van der Waals surface area (Å²) in [5.41, 5.74) is 0. The van der Waals surface area contributed by atoms with Crippen LogP contribution in [0.5, 0.6) is 0 Å². The summed E-state index contributed by atoms with van der Waals surface area (Å²) in [5.74, 6) is -0.186. The molecular weight excluding hydrogens is 350 g/mol. The molecule has 1 fully saturated rings. The van der Waals surface area contributed by atoms with Gasteiger partial charge in [0.1, 0.15) is 6.04 Å². The molecule has 3 atom stereocenters. The number of β-amino-alcohol motifs (C(OH)–C–C–N with tert-alkyl or cyclic N) is 1. The van der Waals surface area contributed by atoms with E-state index in [0.717, 1.165) is 13.0 Å². The summed E-state index contributed by atoms with van der Waals surface area (Å²) in [6.07, 6.45) is 0.546. The summed E-state index contributed by atoms with van der Waals surface area (Å²) < 4.78 is 0. The number of amides is 2. The van der Waals surface area contributed by atoms with Crippen LogP contribution >= 0.6 is 11.3 Å². The smallest absolute Gasteiger partial charge is 0.262 e. The number of carbonyl (C=O) groups is 2. The first kappa shape index (κ1) is 20.9. The minimum absolute atomic E-state index is 0.0138. The Morgan fingerprint density at radius 2 is 2.08 bits per heavy atom. The fourth-order valence-corrected chi connectivity index (χ4v) is 4.02. The maximum atomic E-state index is 13.1. The average molecular weight is 382 g/mol. The van der Waals surface area contributed by atoms with Crippen molar-refractivity contribution in [3.63, 3.8) is 0 Å². The lowest BCUT2D eigenvalue weighted by Crippen LogP contribution is -2.60. The molecule has 2 N–H and O–H groups in total. The molecule has 1 aliphatic rings.